The number of aromatic hydroxyl groups is 1. The molecule has 0 bridgehead atoms. The second-order valence-electron chi connectivity index (χ2n) is 8.57. The first-order chi connectivity index (χ1) is 16.8. The summed E-state index contributed by atoms with van der Waals surface area (Å²) in [6.07, 6.45) is -1.80. The average Bonchev–Trinajstić information content (AvgIpc) is 2.80. The Morgan fingerprint density at radius 3 is 1.89 bits per heavy atom. The summed E-state index contributed by atoms with van der Waals surface area (Å²) in [6, 6.07) is 0.514. The summed E-state index contributed by atoms with van der Waals surface area (Å²) in [6.45, 7) is 4.64. The average molecular weight is 511 g/mol. The van der Waals surface area contributed by atoms with Gasteiger partial charge in [0, 0.05) is 0 Å². The maximum atomic E-state index is 13.0. The molecule has 13 heteroatoms. The van der Waals surface area contributed by atoms with Crippen LogP contribution < -0.4 is 21.7 Å². The summed E-state index contributed by atoms with van der Waals surface area (Å²) in [5.41, 5.74) is 6.66. The summed E-state index contributed by atoms with van der Waals surface area (Å²) in [5, 5.41) is 44.2. The zero-order valence-electron chi connectivity index (χ0n) is 20.3. The number of amides is 3. The van der Waals surface area contributed by atoms with Gasteiger partial charge >= 0.3 is 11.9 Å². The lowest BCUT2D eigenvalue weighted by molar-refractivity contribution is -0.148. The molecule has 0 aromatic heterocycles. The van der Waals surface area contributed by atoms with Crippen molar-refractivity contribution < 1.29 is 44.4 Å². The van der Waals surface area contributed by atoms with Crippen molar-refractivity contribution in [2.24, 2.45) is 11.7 Å². The third kappa shape index (κ3) is 9.50. The van der Waals surface area contributed by atoms with Crippen LogP contribution >= 0.6 is 0 Å². The molecule has 0 saturated carbocycles. The van der Waals surface area contributed by atoms with Gasteiger partial charge in [0.15, 0.2) is 0 Å². The Labute approximate surface area is 208 Å². The number of carboxylic acids is 2. The fourth-order valence-electron chi connectivity index (χ4n) is 3.23. The standard InChI is InChI=1S/C23H34N4O9/c1-4-11(2)18(26-20(32)15(24)9-13-5-7-14(29)8-6-13)21(33)27-19(12(3)28)22(34)25-16(23(35)36)10-17(30)31/h5-8,11-12,15-16,18-19,28-29H,4,9-10,24H2,1-3H3,(H,25,34)(H,26,32)(H,27,33)(H,30,31)(H,35,36). The van der Waals surface area contributed by atoms with Gasteiger partial charge in [0.1, 0.15) is 23.9 Å². The van der Waals surface area contributed by atoms with E-state index < -0.39 is 72.3 Å². The van der Waals surface area contributed by atoms with E-state index in [2.05, 4.69) is 10.6 Å². The Morgan fingerprint density at radius 2 is 1.42 bits per heavy atom. The minimum absolute atomic E-state index is 0.0552. The SMILES string of the molecule is CCC(C)C(NC(=O)C(N)Cc1ccc(O)cc1)C(=O)NC(C(=O)NC(CC(=O)O)C(=O)O)C(C)O. The van der Waals surface area contributed by atoms with E-state index in [0.29, 0.717) is 12.0 Å². The van der Waals surface area contributed by atoms with Crippen molar-refractivity contribution in [3.8, 4) is 5.75 Å². The fourth-order valence-corrected chi connectivity index (χ4v) is 3.23. The Balaban J connectivity index is 2.96. The predicted molar refractivity (Wildman–Crippen MR) is 127 cm³/mol. The number of phenols is 1. The Bertz CT molecular complexity index is 936. The van der Waals surface area contributed by atoms with E-state index in [9.17, 15) is 34.2 Å². The molecule has 9 N–H and O–H groups in total. The van der Waals surface area contributed by atoms with Crippen molar-refractivity contribution in [1.82, 2.24) is 16.0 Å². The molecule has 1 aromatic rings. The minimum atomic E-state index is -1.78. The highest BCUT2D eigenvalue weighted by Crippen LogP contribution is 2.13. The van der Waals surface area contributed by atoms with Gasteiger partial charge in [0.2, 0.25) is 17.7 Å². The summed E-state index contributed by atoms with van der Waals surface area (Å²) in [4.78, 5) is 60.4. The van der Waals surface area contributed by atoms with Crippen LogP contribution in [0.4, 0.5) is 0 Å². The number of aliphatic hydroxyl groups excluding tert-OH is 1. The Morgan fingerprint density at radius 1 is 0.889 bits per heavy atom. The largest absolute Gasteiger partial charge is 0.508 e. The maximum absolute atomic E-state index is 13.0. The lowest BCUT2D eigenvalue weighted by Crippen LogP contribution is -2.61. The van der Waals surface area contributed by atoms with Gasteiger partial charge in [0.25, 0.3) is 0 Å². The highest BCUT2D eigenvalue weighted by molar-refractivity contribution is 5.95. The van der Waals surface area contributed by atoms with E-state index in [1.54, 1.807) is 26.0 Å². The molecule has 0 aliphatic rings. The second-order valence-corrected chi connectivity index (χ2v) is 8.57. The van der Waals surface area contributed by atoms with E-state index in [1.165, 1.54) is 19.1 Å². The normalized spacial score (nSPS) is 15.9. The second kappa shape index (κ2) is 14.0. The number of rotatable bonds is 14. The van der Waals surface area contributed by atoms with Crippen molar-refractivity contribution in [2.45, 2.75) is 70.3 Å². The predicted octanol–water partition coefficient (Wildman–Crippen LogP) is -1.30. The molecule has 200 valence electrons. The number of phenolic OH excluding ortho intramolecular Hbond substituents is 1. The fraction of sp³-hybridized carbons (Fsp3) is 0.522. The number of nitrogens with two attached hydrogens (primary N) is 1. The number of carboxylic acid groups (broad SMARTS) is 2. The van der Waals surface area contributed by atoms with Crippen LogP contribution in [0.5, 0.6) is 5.75 Å². The number of nitrogens with one attached hydrogen (secondary N) is 3. The van der Waals surface area contributed by atoms with Gasteiger partial charge in [-0.15, -0.1) is 0 Å². The van der Waals surface area contributed by atoms with Gasteiger partial charge in [-0.3, -0.25) is 19.2 Å². The van der Waals surface area contributed by atoms with E-state index in [1.807, 2.05) is 5.32 Å². The van der Waals surface area contributed by atoms with Gasteiger partial charge in [0.05, 0.1) is 18.6 Å². The first-order valence-electron chi connectivity index (χ1n) is 11.3. The molecular formula is C23H34N4O9. The number of hydrogen-bond donors (Lipinski definition) is 8. The van der Waals surface area contributed by atoms with Gasteiger partial charge in [-0.25, -0.2) is 4.79 Å². The quantitative estimate of drug-likeness (QED) is 0.147. The third-order valence-corrected chi connectivity index (χ3v) is 5.58. The van der Waals surface area contributed by atoms with Crippen LogP contribution in [0.1, 0.15) is 39.2 Å². The molecule has 0 radical (unpaired) electrons. The minimum Gasteiger partial charge on any atom is -0.508 e. The van der Waals surface area contributed by atoms with Gasteiger partial charge in [-0.2, -0.15) is 0 Å². The van der Waals surface area contributed by atoms with Gasteiger partial charge in [-0.05, 0) is 37.0 Å². The van der Waals surface area contributed by atoms with Gasteiger partial charge in [-0.1, -0.05) is 32.4 Å². The van der Waals surface area contributed by atoms with Crippen molar-refractivity contribution in [3.05, 3.63) is 29.8 Å². The van der Waals surface area contributed by atoms with Crippen LogP contribution in [-0.2, 0) is 30.4 Å². The third-order valence-electron chi connectivity index (χ3n) is 5.58. The Hall–Kier alpha value is -3.71. The van der Waals surface area contributed by atoms with Crippen molar-refractivity contribution in [1.29, 1.82) is 0 Å². The molecule has 0 saturated heterocycles. The molecule has 6 atom stereocenters. The highest BCUT2D eigenvalue weighted by atomic mass is 16.4. The van der Waals surface area contributed by atoms with Crippen LogP contribution in [0, 0.1) is 5.92 Å². The van der Waals surface area contributed by atoms with Crippen molar-refractivity contribution in [3.63, 3.8) is 0 Å². The molecule has 13 nitrogen and oxygen atoms in total. The molecule has 1 aromatic carbocycles. The zero-order chi connectivity index (χ0) is 27.6. The van der Waals surface area contributed by atoms with Gasteiger partial charge < -0.3 is 42.1 Å². The number of carbonyl (C=O) groups is 5. The van der Waals surface area contributed by atoms with Crippen LogP contribution in [0.15, 0.2) is 24.3 Å². The molecule has 0 heterocycles. The van der Waals surface area contributed by atoms with Crippen LogP contribution in [0.2, 0.25) is 0 Å². The molecule has 3 amide bonds. The molecule has 0 spiro atoms. The number of aliphatic hydroxyl groups is 1. The first kappa shape index (κ1) is 30.3. The molecule has 0 aliphatic heterocycles. The summed E-state index contributed by atoms with van der Waals surface area (Å²) >= 11 is 0. The molecule has 0 aliphatic carbocycles. The van der Waals surface area contributed by atoms with E-state index in [-0.39, 0.29) is 12.2 Å². The molecule has 0 fully saturated rings. The van der Waals surface area contributed by atoms with Crippen molar-refractivity contribution >= 4 is 29.7 Å². The zero-order valence-corrected chi connectivity index (χ0v) is 20.3. The monoisotopic (exact) mass is 510 g/mol. The van der Waals surface area contributed by atoms with Crippen LogP contribution in [0.3, 0.4) is 0 Å². The van der Waals surface area contributed by atoms with E-state index in [0.717, 1.165) is 0 Å². The topological polar surface area (TPSA) is 228 Å². The maximum Gasteiger partial charge on any atom is 0.326 e. The summed E-state index contributed by atoms with van der Waals surface area (Å²) in [5.74, 6) is -6.00. The first-order valence-corrected chi connectivity index (χ1v) is 11.3. The molecular weight excluding hydrogens is 476 g/mol. The number of benzene rings is 1. The number of aliphatic carboxylic acids is 2. The lowest BCUT2D eigenvalue weighted by Gasteiger charge is -2.28. The van der Waals surface area contributed by atoms with E-state index >= 15 is 0 Å². The van der Waals surface area contributed by atoms with E-state index in [4.69, 9.17) is 15.9 Å². The number of carbonyl (C=O) groups excluding carboxylic acids is 3. The summed E-state index contributed by atoms with van der Waals surface area (Å²) in [7, 11) is 0. The number of hydrogen-bond acceptors (Lipinski definition) is 8. The Kier molecular flexibility index (Phi) is 11.8. The smallest absolute Gasteiger partial charge is 0.326 e. The van der Waals surface area contributed by atoms with Crippen LogP contribution in [0.25, 0.3) is 0 Å². The lowest BCUT2D eigenvalue weighted by atomic mass is 9.96. The molecule has 36 heavy (non-hydrogen) atoms. The van der Waals surface area contributed by atoms with Crippen LogP contribution in [-0.4, -0.2) is 80.4 Å². The molecule has 6 unspecified atom stereocenters. The van der Waals surface area contributed by atoms with Crippen molar-refractivity contribution in [2.75, 3.05) is 0 Å². The summed E-state index contributed by atoms with van der Waals surface area (Å²) < 4.78 is 0. The molecule has 1 rings (SSSR count). The highest BCUT2D eigenvalue weighted by Gasteiger charge is 2.34.